The molecule has 118 valence electrons. The normalized spacial score (nSPS) is 15.7. The lowest BCUT2D eigenvalue weighted by molar-refractivity contribution is 0.613. The van der Waals surface area contributed by atoms with Gasteiger partial charge in [-0.1, -0.05) is 25.0 Å². The summed E-state index contributed by atoms with van der Waals surface area (Å²) in [6.07, 6.45) is 5.04. The molecular weight excluding hydrogens is 380 g/mol. The number of aliphatic imine (C=N–C) groups is 1. The summed E-state index contributed by atoms with van der Waals surface area (Å²) in [7, 11) is 0. The van der Waals surface area contributed by atoms with Gasteiger partial charge < -0.3 is 10.6 Å². The van der Waals surface area contributed by atoms with E-state index in [2.05, 4.69) is 22.5 Å². The second-order valence-corrected chi connectivity index (χ2v) is 5.40. The molecule has 1 aliphatic rings. The van der Waals surface area contributed by atoms with Crippen LogP contribution in [0.3, 0.4) is 0 Å². The van der Waals surface area contributed by atoms with Crippen LogP contribution in [-0.4, -0.2) is 18.5 Å². The van der Waals surface area contributed by atoms with Crippen LogP contribution < -0.4 is 10.6 Å². The largest absolute Gasteiger partial charge is 0.357 e. The van der Waals surface area contributed by atoms with Gasteiger partial charge in [-0.15, -0.1) is 24.0 Å². The third kappa shape index (κ3) is 5.80. The number of rotatable bonds is 4. The van der Waals surface area contributed by atoms with Crippen molar-refractivity contribution in [1.29, 1.82) is 0 Å². The topological polar surface area (TPSA) is 36.4 Å². The first kappa shape index (κ1) is 18.2. The van der Waals surface area contributed by atoms with E-state index in [1.165, 1.54) is 31.7 Å². The van der Waals surface area contributed by atoms with Crippen LogP contribution in [0.25, 0.3) is 0 Å². The number of nitrogens with one attached hydrogen (secondary N) is 2. The van der Waals surface area contributed by atoms with Crippen LogP contribution in [-0.2, 0) is 6.54 Å². The van der Waals surface area contributed by atoms with Gasteiger partial charge in [0.25, 0.3) is 0 Å². The van der Waals surface area contributed by atoms with Crippen molar-refractivity contribution in [3.63, 3.8) is 0 Å². The summed E-state index contributed by atoms with van der Waals surface area (Å²) in [5.74, 6) is 0.704. The smallest absolute Gasteiger partial charge is 0.191 e. The number of guanidine groups is 1. The van der Waals surface area contributed by atoms with Gasteiger partial charge in [0.15, 0.2) is 5.96 Å². The van der Waals surface area contributed by atoms with E-state index in [-0.39, 0.29) is 29.8 Å². The van der Waals surface area contributed by atoms with Crippen molar-refractivity contribution < 1.29 is 4.39 Å². The Morgan fingerprint density at radius 3 is 2.67 bits per heavy atom. The molecule has 5 heteroatoms. The SMILES string of the molecule is CCNC(=NCc1ccc(F)c(C)c1)NC1CCCC1.I. The average molecular weight is 405 g/mol. The van der Waals surface area contributed by atoms with Crippen LogP contribution in [0.4, 0.5) is 4.39 Å². The van der Waals surface area contributed by atoms with E-state index in [0.717, 1.165) is 18.1 Å². The Kier molecular flexibility index (Phi) is 8.00. The molecule has 0 atom stereocenters. The van der Waals surface area contributed by atoms with E-state index in [1.807, 2.05) is 6.07 Å². The van der Waals surface area contributed by atoms with E-state index in [1.54, 1.807) is 13.0 Å². The number of nitrogens with zero attached hydrogens (tertiary/aromatic N) is 1. The summed E-state index contributed by atoms with van der Waals surface area (Å²) in [6, 6.07) is 5.71. The third-order valence-corrected chi connectivity index (χ3v) is 3.68. The Bertz CT molecular complexity index is 471. The van der Waals surface area contributed by atoms with Gasteiger partial charge in [0.1, 0.15) is 5.82 Å². The average Bonchev–Trinajstić information content (AvgIpc) is 2.93. The van der Waals surface area contributed by atoms with Crippen LogP contribution in [0, 0.1) is 12.7 Å². The highest BCUT2D eigenvalue weighted by Gasteiger charge is 2.15. The van der Waals surface area contributed by atoms with Crippen LogP contribution >= 0.6 is 24.0 Å². The monoisotopic (exact) mass is 405 g/mol. The molecule has 2 N–H and O–H groups in total. The molecule has 3 nitrogen and oxygen atoms in total. The zero-order valence-corrected chi connectivity index (χ0v) is 15.1. The number of hydrogen-bond acceptors (Lipinski definition) is 1. The standard InChI is InChI=1S/C16H24FN3.HI/c1-3-18-16(20-14-6-4-5-7-14)19-11-13-8-9-15(17)12(2)10-13;/h8-10,14H,3-7,11H2,1-2H3,(H2,18,19,20);1H. The van der Waals surface area contributed by atoms with Crippen molar-refractivity contribution in [2.45, 2.75) is 52.1 Å². The molecule has 1 saturated carbocycles. The maximum Gasteiger partial charge on any atom is 0.191 e. The highest BCUT2D eigenvalue weighted by Crippen LogP contribution is 2.17. The molecule has 1 fully saturated rings. The molecule has 0 aliphatic heterocycles. The predicted molar refractivity (Wildman–Crippen MR) is 96.8 cm³/mol. The number of halogens is 2. The minimum Gasteiger partial charge on any atom is -0.357 e. The molecular formula is C16H25FIN3. The van der Waals surface area contributed by atoms with Crippen molar-refractivity contribution in [3.05, 3.63) is 35.1 Å². The maximum atomic E-state index is 13.2. The van der Waals surface area contributed by atoms with Gasteiger partial charge in [0.05, 0.1) is 6.54 Å². The summed E-state index contributed by atoms with van der Waals surface area (Å²) in [6.45, 7) is 5.27. The van der Waals surface area contributed by atoms with Crippen LogP contribution in [0.1, 0.15) is 43.7 Å². The lowest BCUT2D eigenvalue weighted by atomic mass is 10.1. The van der Waals surface area contributed by atoms with E-state index in [4.69, 9.17) is 0 Å². The Morgan fingerprint density at radius 1 is 1.33 bits per heavy atom. The molecule has 0 saturated heterocycles. The molecule has 2 rings (SSSR count). The molecule has 0 amide bonds. The highest BCUT2D eigenvalue weighted by molar-refractivity contribution is 14.0. The zero-order valence-electron chi connectivity index (χ0n) is 12.8. The van der Waals surface area contributed by atoms with Gasteiger partial charge >= 0.3 is 0 Å². The molecule has 0 bridgehead atoms. The van der Waals surface area contributed by atoms with E-state index >= 15 is 0 Å². The summed E-state index contributed by atoms with van der Waals surface area (Å²) in [5.41, 5.74) is 1.71. The van der Waals surface area contributed by atoms with Crippen molar-refractivity contribution in [2.75, 3.05) is 6.54 Å². The minimum absolute atomic E-state index is 0. The second kappa shape index (κ2) is 9.23. The molecule has 0 spiro atoms. The molecule has 1 aromatic rings. The van der Waals surface area contributed by atoms with Crippen molar-refractivity contribution >= 4 is 29.9 Å². The summed E-state index contributed by atoms with van der Waals surface area (Å²) >= 11 is 0. The van der Waals surface area contributed by atoms with E-state index in [0.29, 0.717) is 18.2 Å². The van der Waals surface area contributed by atoms with Crippen LogP contribution in [0.5, 0.6) is 0 Å². The number of benzene rings is 1. The maximum absolute atomic E-state index is 13.2. The van der Waals surface area contributed by atoms with Gasteiger partial charge in [0, 0.05) is 12.6 Å². The number of aryl methyl sites for hydroxylation is 1. The van der Waals surface area contributed by atoms with E-state index in [9.17, 15) is 4.39 Å². The highest BCUT2D eigenvalue weighted by atomic mass is 127. The van der Waals surface area contributed by atoms with Crippen molar-refractivity contribution in [3.8, 4) is 0 Å². The quantitative estimate of drug-likeness (QED) is 0.455. The van der Waals surface area contributed by atoms with Crippen LogP contribution in [0.15, 0.2) is 23.2 Å². The Morgan fingerprint density at radius 2 is 2.05 bits per heavy atom. The fourth-order valence-electron chi connectivity index (χ4n) is 2.56. The zero-order chi connectivity index (χ0) is 14.4. The van der Waals surface area contributed by atoms with E-state index < -0.39 is 0 Å². The number of hydrogen-bond donors (Lipinski definition) is 2. The molecule has 1 aromatic carbocycles. The first-order chi connectivity index (χ1) is 9.69. The summed E-state index contributed by atoms with van der Waals surface area (Å²) in [5, 5.41) is 6.75. The van der Waals surface area contributed by atoms with Crippen molar-refractivity contribution in [1.82, 2.24) is 10.6 Å². The van der Waals surface area contributed by atoms with Crippen LogP contribution in [0.2, 0.25) is 0 Å². The summed E-state index contributed by atoms with van der Waals surface area (Å²) in [4.78, 5) is 4.59. The second-order valence-electron chi connectivity index (χ2n) is 5.40. The molecule has 0 aromatic heterocycles. The molecule has 1 aliphatic carbocycles. The fourth-order valence-corrected chi connectivity index (χ4v) is 2.56. The molecule has 0 unspecified atom stereocenters. The minimum atomic E-state index is -0.159. The molecule has 0 heterocycles. The van der Waals surface area contributed by atoms with Gasteiger partial charge in [-0.25, -0.2) is 9.38 Å². The van der Waals surface area contributed by atoms with Gasteiger partial charge in [0.2, 0.25) is 0 Å². The first-order valence-corrected chi connectivity index (χ1v) is 7.49. The first-order valence-electron chi connectivity index (χ1n) is 7.49. The van der Waals surface area contributed by atoms with Gasteiger partial charge in [-0.3, -0.25) is 0 Å². The van der Waals surface area contributed by atoms with Crippen molar-refractivity contribution in [2.24, 2.45) is 4.99 Å². The third-order valence-electron chi connectivity index (χ3n) is 3.68. The van der Waals surface area contributed by atoms with Gasteiger partial charge in [-0.05, 0) is 43.9 Å². The Labute approximate surface area is 143 Å². The Balaban J connectivity index is 0.00000220. The Hall–Kier alpha value is -0.850. The lowest BCUT2D eigenvalue weighted by Crippen LogP contribution is -2.42. The molecule has 21 heavy (non-hydrogen) atoms. The predicted octanol–water partition coefficient (Wildman–Crippen LogP) is 3.75. The lowest BCUT2D eigenvalue weighted by Gasteiger charge is -2.16. The van der Waals surface area contributed by atoms with Gasteiger partial charge in [-0.2, -0.15) is 0 Å². The summed E-state index contributed by atoms with van der Waals surface area (Å²) < 4.78 is 13.2. The molecule has 0 radical (unpaired) electrons. The fraction of sp³-hybridized carbons (Fsp3) is 0.562.